The molecule has 1 aromatic heterocycles. The van der Waals surface area contributed by atoms with Crippen molar-refractivity contribution in [2.24, 2.45) is 11.1 Å². The number of rotatable bonds is 5. The van der Waals surface area contributed by atoms with Crippen LogP contribution in [0.3, 0.4) is 0 Å². The van der Waals surface area contributed by atoms with Crippen molar-refractivity contribution in [1.29, 1.82) is 0 Å². The Bertz CT molecular complexity index is 561. The summed E-state index contributed by atoms with van der Waals surface area (Å²) in [6, 6.07) is 9.98. The number of hydrogen-bond acceptors (Lipinski definition) is 4. The molecule has 2 aromatic rings. The van der Waals surface area contributed by atoms with Gasteiger partial charge in [0.25, 0.3) is 0 Å². The number of aromatic nitrogens is 1. The highest BCUT2D eigenvalue weighted by molar-refractivity contribution is 7.10. The van der Waals surface area contributed by atoms with E-state index in [1.807, 2.05) is 49.6 Å². The minimum absolute atomic E-state index is 0.143. The second kappa shape index (κ2) is 5.63. The monoisotopic (exact) mass is 274 g/mol. The molecule has 0 fully saturated rings. The van der Waals surface area contributed by atoms with Crippen LogP contribution in [0.2, 0.25) is 0 Å². The van der Waals surface area contributed by atoms with Crippen molar-refractivity contribution in [2.45, 2.75) is 20.3 Å². The average Bonchev–Trinajstić information content (AvgIpc) is 2.88. The summed E-state index contributed by atoms with van der Waals surface area (Å²) in [7, 11) is 0. The zero-order valence-electron chi connectivity index (χ0n) is 11.2. The minimum Gasteiger partial charge on any atom is -0.329 e. The molecule has 0 saturated carbocycles. The number of nitrogens with two attached hydrogens (primary N) is 1. The third-order valence-electron chi connectivity index (χ3n) is 3.20. The van der Waals surface area contributed by atoms with Crippen LogP contribution in [0.1, 0.15) is 18.9 Å². The lowest BCUT2D eigenvalue weighted by molar-refractivity contribution is -0.125. The maximum Gasteiger partial charge on any atom is 0.146 e. The Morgan fingerprint density at radius 2 is 2.00 bits per heavy atom. The van der Waals surface area contributed by atoms with E-state index in [-0.39, 0.29) is 5.78 Å². The van der Waals surface area contributed by atoms with Crippen LogP contribution in [-0.2, 0) is 11.2 Å². The molecule has 0 aliphatic heterocycles. The van der Waals surface area contributed by atoms with E-state index < -0.39 is 5.41 Å². The van der Waals surface area contributed by atoms with Gasteiger partial charge in [-0.2, -0.15) is 0 Å². The van der Waals surface area contributed by atoms with Crippen LogP contribution in [0.5, 0.6) is 0 Å². The zero-order valence-corrected chi connectivity index (χ0v) is 12.0. The lowest BCUT2D eigenvalue weighted by Gasteiger charge is -2.19. The Hall–Kier alpha value is -1.52. The molecule has 0 radical (unpaired) electrons. The van der Waals surface area contributed by atoms with Crippen molar-refractivity contribution in [3.63, 3.8) is 0 Å². The maximum absolute atomic E-state index is 12.1. The van der Waals surface area contributed by atoms with Crippen LogP contribution in [0.15, 0.2) is 35.7 Å². The topological polar surface area (TPSA) is 56.0 Å². The van der Waals surface area contributed by atoms with E-state index in [2.05, 4.69) is 4.98 Å². The van der Waals surface area contributed by atoms with Gasteiger partial charge >= 0.3 is 0 Å². The van der Waals surface area contributed by atoms with Crippen LogP contribution in [0.4, 0.5) is 0 Å². The molecule has 2 N–H and O–H groups in total. The molecular formula is C15H18N2OS. The number of nitrogens with zero attached hydrogens (tertiary/aromatic N) is 1. The van der Waals surface area contributed by atoms with Gasteiger partial charge in [0.15, 0.2) is 0 Å². The van der Waals surface area contributed by atoms with E-state index in [1.54, 1.807) is 0 Å². The van der Waals surface area contributed by atoms with Gasteiger partial charge in [0.1, 0.15) is 10.8 Å². The highest BCUT2D eigenvalue weighted by atomic mass is 32.1. The quantitative estimate of drug-likeness (QED) is 0.912. The zero-order chi connectivity index (χ0) is 13.9. The summed E-state index contributed by atoms with van der Waals surface area (Å²) in [5, 5.41) is 2.85. The van der Waals surface area contributed by atoms with E-state index in [1.165, 1.54) is 11.3 Å². The van der Waals surface area contributed by atoms with Gasteiger partial charge in [0.2, 0.25) is 0 Å². The fraction of sp³-hybridized carbons (Fsp3) is 0.333. The van der Waals surface area contributed by atoms with Crippen LogP contribution in [0.25, 0.3) is 11.3 Å². The van der Waals surface area contributed by atoms with E-state index in [0.717, 1.165) is 16.3 Å². The summed E-state index contributed by atoms with van der Waals surface area (Å²) < 4.78 is 0. The molecule has 2 rings (SSSR count). The number of benzene rings is 1. The number of carbonyl (C=O) groups excluding carboxylic acids is 1. The minimum atomic E-state index is -0.474. The van der Waals surface area contributed by atoms with Gasteiger partial charge in [0.05, 0.1) is 12.1 Å². The van der Waals surface area contributed by atoms with E-state index in [4.69, 9.17) is 5.73 Å². The lowest BCUT2D eigenvalue weighted by atomic mass is 9.87. The Kier molecular flexibility index (Phi) is 4.12. The van der Waals surface area contributed by atoms with Gasteiger partial charge in [-0.05, 0) is 0 Å². The first-order valence-corrected chi connectivity index (χ1v) is 7.14. The number of ketones is 1. The van der Waals surface area contributed by atoms with Gasteiger partial charge in [-0.25, -0.2) is 4.98 Å². The summed E-state index contributed by atoms with van der Waals surface area (Å²) in [6.07, 6.45) is 0.363. The van der Waals surface area contributed by atoms with Crippen molar-refractivity contribution < 1.29 is 4.79 Å². The van der Waals surface area contributed by atoms with Crippen molar-refractivity contribution in [3.05, 3.63) is 40.7 Å². The van der Waals surface area contributed by atoms with Crippen molar-refractivity contribution in [3.8, 4) is 11.3 Å². The van der Waals surface area contributed by atoms with Crippen LogP contribution in [0, 0.1) is 5.41 Å². The smallest absolute Gasteiger partial charge is 0.146 e. The second-order valence-corrected chi connectivity index (χ2v) is 6.12. The van der Waals surface area contributed by atoms with E-state index in [0.29, 0.717) is 13.0 Å². The van der Waals surface area contributed by atoms with Gasteiger partial charge in [-0.15, -0.1) is 11.3 Å². The third kappa shape index (κ3) is 3.28. The molecule has 100 valence electrons. The summed E-state index contributed by atoms with van der Waals surface area (Å²) in [5.74, 6) is 0.143. The van der Waals surface area contributed by atoms with Crippen LogP contribution >= 0.6 is 11.3 Å². The van der Waals surface area contributed by atoms with E-state index >= 15 is 0 Å². The van der Waals surface area contributed by atoms with Gasteiger partial charge in [0, 0.05) is 22.9 Å². The number of thiazole rings is 1. The van der Waals surface area contributed by atoms with Gasteiger partial charge in [-0.3, -0.25) is 4.79 Å². The standard InChI is InChI=1S/C15H18N2OS/c1-15(2,10-16)13(18)8-14-17-12(9-19-14)11-6-4-3-5-7-11/h3-7,9H,8,10,16H2,1-2H3. The Balaban J connectivity index is 2.13. The summed E-state index contributed by atoms with van der Waals surface area (Å²) >= 11 is 1.53. The maximum atomic E-state index is 12.1. The second-order valence-electron chi connectivity index (χ2n) is 5.18. The highest BCUT2D eigenvalue weighted by Crippen LogP contribution is 2.24. The van der Waals surface area contributed by atoms with Crippen LogP contribution in [-0.4, -0.2) is 17.3 Å². The molecule has 1 heterocycles. The predicted octanol–water partition coefficient (Wildman–Crippen LogP) is 2.91. The number of carbonyl (C=O) groups is 1. The lowest BCUT2D eigenvalue weighted by Crippen LogP contribution is -2.33. The fourth-order valence-corrected chi connectivity index (χ4v) is 2.43. The third-order valence-corrected chi connectivity index (χ3v) is 4.05. The molecule has 0 saturated heterocycles. The van der Waals surface area contributed by atoms with Crippen molar-refractivity contribution in [1.82, 2.24) is 4.98 Å². The number of Topliss-reactive ketones (excluding diaryl/α,β-unsaturated/α-hetero) is 1. The van der Waals surface area contributed by atoms with Crippen molar-refractivity contribution in [2.75, 3.05) is 6.54 Å². The molecule has 0 aliphatic carbocycles. The summed E-state index contributed by atoms with van der Waals surface area (Å²) in [6.45, 7) is 4.12. The molecule has 19 heavy (non-hydrogen) atoms. The molecule has 0 atom stereocenters. The highest BCUT2D eigenvalue weighted by Gasteiger charge is 2.26. The summed E-state index contributed by atoms with van der Waals surface area (Å²) in [5.41, 5.74) is 7.15. The largest absolute Gasteiger partial charge is 0.329 e. The molecule has 0 spiro atoms. The van der Waals surface area contributed by atoms with Gasteiger partial charge < -0.3 is 5.73 Å². The normalized spacial score (nSPS) is 11.5. The van der Waals surface area contributed by atoms with Gasteiger partial charge in [-0.1, -0.05) is 44.2 Å². The average molecular weight is 274 g/mol. The molecular weight excluding hydrogens is 256 g/mol. The fourth-order valence-electron chi connectivity index (χ4n) is 1.62. The number of hydrogen-bond donors (Lipinski definition) is 1. The molecule has 1 aromatic carbocycles. The molecule has 3 nitrogen and oxygen atoms in total. The predicted molar refractivity (Wildman–Crippen MR) is 79.1 cm³/mol. The Morgan fingerprint density at radius 1 is 1.32 bits per heavy atom. The first-order valence-electron chi connectivity index (χ1n) is 6.26. The SMILES string of the molecule is CC(C)(CN)C(=O)Cc1nc(-c2ccccc2)cs1. The van der Waals surface area contributed by atoms with E-state index in [9.17, 15) is 4.79 Å². The molecule has 0 amide bonds. The molecule has 4 heteroatoms. The first kappa shape index (κ1) is 13.9. The van der Waals surface area contributed by atoms with Crippen molar-refractivity contribution >= 4 is 17.1 Å². The Morgan fingerprint density at radius 3 is 2.63 bits per heavy atom. The molecule has 0 aliphatic rings. The van der Waals surface area contributed by atoms with Crippen LogP contribution < -0.4 is 5.73 Å². The molecule has 0 unspecified atom stereocenters. The molecule has 0 bridgehead atoms. The Labute approximate surface area is 117 Å². The first-order chi connectivity index (χ1) is 9.03. The summed E-state index contributed by atoms with van der Waals surface area (Å²) in [4.78, 5) is 16.6.